The van der Waals surface area contributed by atoms with Gasteiger partial charge in [0.2, 0.25) is 0 Å². The number of nitrogens with one attached hydrogen (secondary N) is 1. The first-order valence-electron chi connectivity index (χ1n) is 9.16. The van der Waals surface area contributed by atoms with Crippen LogP contribution in [0.15, 0.2) is 0 Å². The highest BCUT2D eigenvalue weighted by Crippen LogP contribution is 2.41. The summed E-state index contributed by atoms with van der Waals surface area (Å²) in [6, 6.07) is 0.574. The molecule has 0 amide bonds. The van der Waals surface area contributed by atoms with Gasteiger partial charge in [0.15, 0.2) is 0 Å². The number of piperidine rings is 1. The van der Waals surface area contributed by atoms with Crippen LogP contribution < -0.4 is 5.32 Å². The summed E-state index contributed by atoms with van der Waals surface area (Å²) in [5, 5.41) is 3.82. The summed E-state index contributed by atoms with van der Waals surface area (Å²) in [5.74, 6) is 1.75. The van der Waals surface area contributed by atoms with Crippen molar-refractivity contribution in [1.29, 1.82) is 0 Å². The Morgan fingerprint density at radius 1 is 1.10 bits per heavy atom. The molecule has 0 radical (unpaired) electrons. The highest BCUT2D eigenvalue weighted by Gasteiger charge is 2.48. The Hall–Kier alpha value is -0.120. The second-order valence-electron chi connectivity index (χ2n) is 8.06. The molecule has 3 fully saturated rings. The van der Waals surface area contributed by atoms with E-state index in [1.165, 1.54) is 64.5 Å². The van der Waals surface area contributed by atoms with E-state index in [1.807, 2.05) is 7.11 Å². The summed E-state index contributed by atoms with van der Waals surface area (Å²) in [7, 11) is 1.88. The van der Waals surface area contributed by atoms with Gasteiger partial charge in [0, 0.05) is 19.7 Å². The molecule has 3 nitrogen and oxygen atoms in total. The largest absolute Gasteiger partial charge is 0.377 e. The molecular formula is C18H34N2O. The molecule has 0 aromatic carbocycles. The molecule has 3 atom stereocenters. The Bertz CT molecular complexity index is 338. The second-order valence-corrected chi connectivity index (χ2v) is 8.06. The molecule has 21 heavy (non-hydrogen) atoms. The Balaban J connectivity index is 1.73. The highest BCUT2D eigenvalue weighted by atomic mass is 16.5. The van der Waals surface area contributed by atoms with Crippen LogP contribution in [0, 0.1) is 11.8 Å². The maximum atomic E-state index is 5.88. The van der Waals surface area contributed by atoms with Crippen molar-refractivity contribution in [1.82, 2.24) is 10.2 Å². The van der Waals surface area contributed by atoms with Gasteiger partial charge in [0.05, 0.1) is 11.8 Å². The lowest BCUT2D eigenvalue weighted by molar-refractivity contribution is -0.0548. The van der Waals surface area contributed by atoms with E-state index in [2.05, 4.69) is 24.1 Å². The van der Waals surface area contributed by atoms with Crippen molar-refractivity contribution < 1.29 is 4.74 Å². The Labute approximate surface area is 130 Å². The summed E-state index contributed by atoms with van der Waals surface area (Å²) in [6.07, 6.45) is 11.9. The topological polar surface area (TPSA) is 24.5 Å². The second kappa shape index (κ2) is 6.55. The molecule has 3 unspecified atom stereocenters. The number of hydrogen-bond acceptors (Lipinski definition) is 3. The van der Waals surface area contributed by atoms with Gasteiger partial charge in [-0.3, -0.25) is 4.90 Å². The Morgan fingerprint density at radius 3 is 2.57 bits per heavy atom. The molecule has 2 saturated heterocycles. The minimum atomic E-state index is -0.0340. The van der Waals surface area contributed by atoms with Crippen LogP contribution in [-0.4, -0.2) is 42.9 Å². The quantitative estimate of drug-likeness (QED) is 0.860. The van der Waals surface area contributed by atoms with E-state index >= 15 is 0 Å². The third-order valence-corrected chi connectivity index (χ3v) is 6.36. The molecule has 1 N–H and O–H groups in total. The van der Waals surface area contributed by atoms with E-state index in [0.29, 0.717) is 12.2 Å². The van der Waals surface area contributed by atoms with Crippen LogP contribution in [0.2, 0.25) is 0 Å². The molecule has 3 heteroatoms. The van der Waals surface area contributed by atoms with Gasteiger partial charge in [-0.15, -0.1) is 0 Å². The molecule has 3 rings (SSSR count). The van der Waals surface area contributed by atoms with Crippen LogP contribution >= 0.6 is 0 Å². The summed E-state index contributed by atoms with van der Waals surface area (Å²) in [4.78, 5) is 2.79. The van der Waals surface area contributed by atoms with E-state index in [0.717, 1.165) is 11.8 Å². The first-order valence-corrected chi connectivity index (χ1v) is 9.16. The SMILES string of the molecule is COC(C)(C)C1CC2CCCNC2N1CC1CCCCC1. The van der Waals surface area contributed by atoms with Crippen molar-refractivity contribution in [3.05, 3.63) is 0 Å². The number of hydrogen-bond donors (Lipinski definition) is 1. The zero-order valence-corrected chi connectivity index (χ0v) is 14.2. The van der Waals surface area contributed by atoms with Crippen LogP contribution in [0.4, 0.5) is 0 Å². The molecule has 0 spiro atoms. The van der Waals surface area contributed by atoms with Crippen molar-refractivity contribution in [2.75, 3.05) is 20.2 Å². The van der Waals surface area contributed by atoms with Gasteiger partial charge in [0.1, 0.15) is 0 Å². The van der Waals surface area contributed by atoms with E-state index in [-0.39, 0.29) is 5.60 Å². The average Bonchev–Trinajstić information content (AvgIpc) is 2.88. The highest BCUT2D eigenvalue weighted by molar-refractivity contribution is 5.01. The summed E-state index contributed by atoms with van der Waals surface area (Å²) in [5.41, 5.74) is -0.0340. The molecule has 0 bridgehead atoms. The normalized spacial score (nSPS) is 35.9. The third kappa shape index (κ3) is 3.30. The Kier molecular flexibility index (Phi) is 4.92. The van der Waals surface area contributed by atoms with Gasteiger partial charge in [-0.25, -0.2) is 0 Å². The number of ether oxygens (including phenoxy) is 1. The fraction of sp³-hybridized carbons (Fsp3) is 1.00. The smallest absolute Gasteiger partial charge is 0.0777 e. The van der Waals surface area contributed by atoms with Crippen LogP contribution in [-0.2, 0) is 4.74 Å². The fourth-order valence-corrected chi connectivity index (χ4v) is 4.92. The monoisotopic (exact) mass is 294 g/mol. The van der Waals surface area contributed by atoms with Gasteiger partial charge in [-0.1, -0.05) is 19.3 Å². The Morgan fingerprint density at radius 2 is 1.86 bits per heavy atom. The number of fused-ring (bicyclic) bond motifs is 1. The number of rotatable bonds is 4. The van der Waals surface area contributed by atoms with Gasteiger partial charge in [-0.05, 0) is 64.3 Å². The van der Waals surface area contributed by atoms with Gasteiger partial charge >= 0.3 is 0 Å². The first-order chi connectivity index (χ1) is 10.1. The predicted octanol–water partition coefficient (Wildman–Crippen LogP) is 3.39. The van der Waals surface area contributed by atoms with Gasteiger partial charge in [0.25, 0.3) is 0 Å². The van der Waals surface area contributed by atoms with Crippen LogP contribution in [0.5, 0.6) is 0 Å². The number of likely N-dealkylation sites (tertiary alicyclic amines) is 1. The maximum absolute atomic E-state index is 5.88. The lowest BCUT2D eigenvalue weighted by Gasteiger charge is -2.42. The summed E-state index contributed by atoms with van der Waals surface area (Å²) >= 11 is 0. The van der Waals surface area contributed by atoms with Crippen molar-refractivity contribution in [2.24, 2.45) is 11.8 Å². The van der Waals surface area contributed by atoms with Crippen molar-refractivity contribution in [3.8, 4) is 0 Å². The summed E-state index contributed by atoms with van der Waals surface area (Å²) < 4.78 is 5.88. The molecule has 2 heterocycles. The van der Waals surface area contributed by atoms with Gasteiger partial charge < -0.3 is 10.1 Å². The van der Waals surface area contributed by atoms with Crippen molar-refractivity contribution >= 4 is 0 Å². The van der Waals surface area contributed by atoms with Crippen molar-refractivity contribution in [2.45, 2.75) is 83.0 Å². The predicted molar refractivity (Wildman–Crippen MR) is 87.3 cm³/mol. The molecule has 1 saturated carbocycles. The van der Waals surface area contributed by atoms with Gasteiger partial charge in [-0.2, -0.15) is 0 Å². The average molecular weight is 294 g/mol. The zero-order valence-electron chi connectivity index (χ0n) is 14.2. The zero-order chi connectivity index (χ0) is 14.9. The van der Waals surface area contributed by atoms with E-state index in [9.17, 15) is 0 Å². The molecular weight excluding hydrogens is 260 g/mol. The van der Waals surface area contributed by atoms with Crippen LogP contribution in [0.1, 0.15) is 65.2 Å². The molecule has 0 aromatic rings. The minimum Gasteiger partial charge on any atom is -0.377 e. The molecule has 0 aromatic heterocycles. The van der Waals surface area contributed by atoms with E-state index in [1.54, 1.807) is 0 Å². The van der Waals surface area contributed by atoms with E-state index < -0.39 is 0 Å². The first kappa shape index (κ1) is 15.8. The minimum absolute atomic E-state index is 0.0340. The number of methoxy groups -OCH3 is 1. The van der Waals surface area contributed by atoms with Crippen molar-refractivity contribution in [3.63, 3.8) is 0 Å². The van der Waals surface area contributed by atoms with E-state index in [4.69, 9.17) is 4.74 Å². The standard InChI is InChI=1S/C18H34N2O/c1-18(2,21-3)16-12-15-10-7-11-19-17(15)20(16)13-14-8-5-4-6-9-14/h14-17,19H,4-13H2,1-3H3. The van der Waals surface area contributed by atoms with Crippen LogP contribution in [0.3, 0.4) is 0 Å². The lowest BCUT2D eigenvalue weighted by Crippen LogP contribution is -2.55. The van der Waals surface area contributed by atoms with Crippen LogP contribution in [0.25, 0.3) is 0 Å². The molecule has 3 aliphatic rings. The maximum Gasteiger partial charge on any atom is 0.0777 e. The fourth-order valence-electron chi connectivity index (χ4n) is 4.92. The number of nitrogens with zero attached hydrogens (tertiary/aromatic N) is 1. The molecule has 2 aliphatic heterocycles. The molecule has 122 valence electrons. The molecule has 1 aliphatic carbocycles. The third-order valence-electron chi connectivity index (χ3n) is 6.36. The lowest BCUT2D eigenvalue weighted by atomic mass is 9.87. The summed E-state index contributed by atoms with van der Waals surface area (Å²) in [6.45, 7) is 7.04.